The average Bonchev–Trinajstić information content (AvgIpc) is 3.62. The van der Waals surface area contributed by atoms with Gasteiger partial charge in [-0.15, -0.1) is 0 Å². The lowest BCUT2D eigenvalue weighted by atomic mass is 9.70. The molecule has 3 aliphatic rings. The van der Waals surface area contributed by atoms with Crippen molar-refractivity contribution in [1.82, 2.24) is 5.23 Å². The molecule has 4 atom stereocenters. The van der Waals surface area contributed by atoms with Crippen LogP contribution in [-0.4, -0.2) is 43.0 Å². The Hall–Kier alpha value is -3.43. The van der Waals surface area contributed by atoms with Crippen molar-refractivity contribution in [3.63, 3.8) is 0 Å². The lowest BCUT2D eigenvalue weighted by Gasteiger charge is -2.53. The van der Waals surface area contributed by atoms with Crippen LogP contribution in [0.15, 0.2) is 78.9 Å². The fourth-order valence-electron chi connectivity index (χ4n) is 6.83. The quantitative estimate of drug-likeness (QED) is 0.354. The van der Waals surface area contributed by atoms with E-state index in [2.05, 4.69) is 24.3 Å². The maximum absolute atomic E-state index is 13.2. The standard InChI is InChI=1S/C32H34NO7/c1-3-31(25-16-17-26-27(19-25)37-21-36-26)20-33(35)40-30(29(31)38-22(2)34)39-28-15-10-18-32(28,23-11-6-4-7-12-23)24-13-8-5-9-14-24/h4-9,11-14,16-17,19,28-30H,3,10,15,18,20-21H2,1-2H3/q-1. The molecule has 1 saturated carbocycles. The van der Waals surface area contributed by atoms with Crippen LogP contribution in [0.25, 0.3) is 0 Å². The van der Waals surface area contributed by atoms with Gasteiger partial charge in [0.2, 0.25) is 13.1 Å². The van der Waals surface area contributed by atoms with Crippen molar-refractivity contribution in [1.29, 1.82) is 0 Å². The van der Waals surface area contributed by atoms with Crippen molar-refractivity contribution in [2.75, 3.05) is 13.3 Å². The monoisotopic (exact) mass is 544 g/mol. The predicted molar refractivity (Wildman–Crippen MR) is 147 cm³/mol. The van der Waals surface area contributed by atoms with Gasteiger partial charge in [0.15, 0.2) is 17.6 Å². The largest absolute Gasteiger partial charge is 0.762 e. The summed E-state index contributed by atoms with van der Waals surface area (Å²) in [5.74, 6) is 0.763. The Bertz CT molecular complexity index is 1290. The van der Waals surface area contributed by atoms with Crippen molar-refractivity contribution in [2.45, 2.75) is 68.9 Å². The molecule has 3 aromatic carbocycles. The summed E-state index contributed by atoms with van der Waals surface area (Å²) >= 11 is 0. The Kier molecular flexibility index (Phi) is 7.27. The maximum atomic E-state index is 13.2. The number of ether oxygens (including phenoxy) is 4. The Labute approximate surface area is 234 Å². The van der Waals surface area contributed by atoms with Gasteiger partial charge in [0, 0.05) is 18.9 Å². The molecule has 6 rings (SSSR count). The molecule has 3 aromatic rings. The Balaban J connectivity index is 1.42. The molecule has 1 aliphatic carbocycles. The molecular formula is C32H34NO7-. The Morgan fingerprint density at radius 2 is 1.65 bits per heavy atom. The summed E-state index contributed by atoms with van der Waals surface area (Å²) in [5.41, 5.74) is 1.72. The van der Waals surface area contributed by atoms with Gasteiger partial charge < -0.3 is 24.2 Å². The molecule has 4 unspecified atom stereocenters. The molecule has 0 radical (unpaired) electrons. The fourth-order valence-corrected chi connectivity index (χ4v) is 6.83. The highest BCUT2D eigenvalue weighted by Crippen LogP contribution is 2.50. The summed E-state index contributed by atoms with van der Waals surface area (Å²) in [4.78, 5) is 18.3. The third-order valence-electron chi connectivity index (χ3n) is 8.76. The topological polar surface area (TPSA) is 89.5 Å². The van der Waals surface area contributed by atoms with E-state index in [1.165, 1.54) is 6.92 Å². The molecule has 0 N–H and O–H groups in total. The van der Waals surface area contributed by atoms with Gasteiger partial charge in [-0.25, -0.2) is 0 Å². The summed E-state index contributed by atoms with van der Waals surface area (Å²) in [6.07, 6.45) is 0.762. The summed E-state index contributed by atoms with van der Waals surface area (Å²) in [6, 6.07) is 26.3. The second kappa shape index (κ2) is 10.9. The van der Waals surface area contributed by atoms with Crippen molar-refractivity contribution in [2.24, 2.45) is 0 Å². The number of hydrogen-bond acceptors (Lipinski definition) is 8. The van der Waals surface area contributed by atoms with Crippen LogP contribution in [0, 0.1) is 5.21 Å². The molecule has 8 heteroatoms. The number of hydrogen-bond donors (Lipinski definition) is 0. The van der Waals surface area contributed by atoms with E-state index in [4.69, 9.17) is 23.8 Å². The predicted octanol–water partition coefficient (Wildman–Crippen LogP) is 5.62. The Morgan fingerprint density at radius 3 is 2.30 bits per heavy atom. The minimum Gasteiger partial charge on any atom is -0.762 e. The SMILES string of the molecule is CCC1(c2ccc3c(c2)OCO3)CN([O-])OC(OC2CCCC2(c2ccccc2)c2ccccc2)C1OC(C)=O. The zero-order chi connectivity index (χ0) is 27.7. The van der Waals surface area contributed by atoms with Gasteiger partial charge in [0.05, 0.1) is 11.5 Å². The van der Waals surface area contributed by atoms with E-state index in [1.54, 1.807) is 0 Å². The molecule has 0 aromatic heterocycles. The number of carbonyl (C=O) groups is 1. The highest BCUT2D eigenvalue weighted by Gasteiger charge is 2.54. The number of fused-ring (bicyclic) bond motifs is 1. The second-order valence-electron chi connectivity index (χ2n) is 10.8. The summed E-state index contributed by atoms with van der Waals surface area (Å²) in [5, 5.41) is 13.7. The van der Waals surface area contributed by atoms with Gasteiger partial charge in [-0.3, -0.25) is 14.9 Å². The molecule has 0 bridgehead atoms. The number of rotatable bonds is 7. The zero-order valence-electron chi connectivity index (χ0n) is 22.8. The third-order valence-corrected chi connectivity index (χ3v) is 8.76. The molecule has 40 heavy (non-hydrogen) atoms. The maximum Gasteiger partial charge on any atom is 0.303 e. The van der Waals surface area contributed by atoms with Crippen LogP contribution in [0.5, 0.6) is 11.5 Å². The number of benzene rings is 3. The van der Waals surface area contributed by atoms with Gasteiger partial charge in [-0.05, 0) is 54.5 Å². The molecule has 1 saturated heterocycles. The van der Waals surface area contributed by atoms with E-state index in [0.29, 0.717) is 23.1 Å². The molecule has 0 spiro atoms. The van der Waals surface area contributed by atoms with Crippen molar-refractivity contribution < 1.29 is 28.6 Å². The van der Waals surface area contributed by atoms with Crippen LogP contribution < -0.4 is 9.47 Å². The van der Waals surface area contributed by atoms with Crippen molar-refractivity contribution in [3.8, 4) is 11.5 Å². The van der Waals surface area contributed by atoms with E-state index < -0.39 is 29.2 Å². The van der Waals surface area contributed by atoms with Gasteiger partial charge in [0.25, 0.3) is 0 Å². The first-order valence-electron chi connectivity index (χ1n) is 13.9. The molecule has 2 aliphatic heterocycles. The van der Waals surface area contributed by atoms with E-state index in [-0.39, 0.29) is 19.4 Å². The normalized spacial score (nSPS) is 27.4. The zero-order valence-corrected chi connectivity index (χ0v) is 22.8. The van der Waals surface area contributed by atoms with Gasteiger partial charge in [-0.2, -0.15) is 0 Å². The lowest BCUT2D eigenvalue weighted by Crippen LogP contribution is -2.62. The molecule has 210 valence electrons. The first-order chi connectivity index (χ1) is 19.5. The molecule has 8 nitrogen and oxygen atoms in total. The van der Waals surface area contributed by atoms with E-state index >= 15 is 0 Å². The summed E-state index contributed by atoms with van der Waals surface area (Å²) in [6.45, 7) is 3.45. The van der Waals surface area contributed by atoms with Crippen LogP contribution in [-0.2, 0) is 29.9 Å². The van der Waals surface area contributed by atoms with Crippen LogP contribution in [0.3, 0.4) is 0 Å². The van der Waals surface area contributed by atoms with Crippen molar-refractivity contribution >= 4 is 5.97 Å². The smallest absolute Gasteiger partial charge is 0.303 e. The highest BCUT2D eigenvalue weighted by atomic mass is 16.9. The van der Waals surface area contributed by atoms with Crippen LogP contribution >= 0.6 is 0 Å². The first-order valence-corrected chi connectivity index (χ1v) is 13.9. The molecule has 0 amide bonds. The second-order valence-corrected chi connectivity index (χ2v) is 10.8. The lowest BCUT2D eigenvalue weighted by molar-refractivity contribution is -0.347. The van der Waals surface area contributed by atoms with E-state index in [9.17, 15) is 10.0 Å². The summed E-state index contributed by atoms with van der Waals surface area (Å²) in [7, 11) is 0. The van der Waals surface area contributed by atoms with Crippen LogP contribution in [0.1, 0.15) is 56.2 Å². The average molecular weight is 545 g/mol. The first kappa shape index (κ1) is 26.8. The molecular weight excluding hydrogens is 510 g/mol. The van der Waals surface area contributed by atoms with Crippen LogP contribution in [0.4, 0.5) is 0 Å². The number of carbonyl (C=O) groups excluding carboxylic acids is 1. The van der Waals surface area contributed by atoms with Crippen molar-refractivity contribution in [3.05, 3.63) is 101 Å². The highest BCUT2D eigenvalue weighted by molar-refractivity contribution is 5.66. The molecule has 2 heterocycles. The van der Waals surface area contributed by atoms with Gasteiger partial charge in [0.1, 0.15) is 0 Å². The minimum atomic E-state index is -1.12. The van der Waals surface area contributed by atoms with E-state index in [0.717, 1.165) is 36.0 Å². The third kappa shape index (κ3) is 4.55. The number of nitrogens with zero attached hydrogens (tertiary/aromatic N) is 1. The van der Waals surface area contributed by atoms with E-state index in [1.807, 2.05) is 61.5 Å². The van der Waals surface area contributed by atoms with Gasteiger partial charge >= 0.3 is 5.97 Å². The molecule has 2 fully saturated rings. The minimum absolute atomic E-state index is 0.0336. The number of hydroxylamine groups is 2. The number of esters is 1. The van der Waals surface area contributed by atoms with Gasteiger partial charge in [-0.1, -0.05) is 73.7 Å². The summed E-state index contributed by atoms with van der Waals surface area (Å²) < 4.78 is 24.0. The fraction of sp³-hybridized carbons (Fsp3) is 0.406. The van der Waals surface area contributed by atoms with Crippen LogP contribution in [0.2, 0.25) is 0 Å². The Morgan fingerprint density at radius 1 is 0.975 bits per heavy atom.